The lowest BCUT2D eigenvalue weighted by atomic mass is 10.1. The van der Waals surface area contributed by atoms with Crippen molar-refractivity contribution >= 4 is 23.5 Å². The molecule has 2 rings (SSSR count). The smallest absolute Gasteiger partial charge is 0.391 e. The summed E-state index contributed by atoms with van der Waals surface area (Å²) in [7, 11) is 0. The van der Waals surface area contributed by atoms with Crippen molar-refractivity contribution in [2.75, 3.05) is 5.32 Å². The van der Waals surface area contributed by atoms with Crippen LogP contribution in [-0.4, -0.2) is 35.1 Å². The number of carboxylic acids is 1. The van der Waals surface area contributed by atoms with E-state index in [0.717, 1.165) is 12.8 Å². The molecule has 0 saturated heterocycles. The fourth-order valence-electron chi connectivity index (χ4n) is 2.00. The Bertz CT molecular complexity index is 656. The van der Waals surface area contributed by atoms with Crippen molar-refractivity contribution in [3.8, 4) is 0 Å². The second-order valence-corrected chi connectivity index (χ2v) is 5.53. The largest absolute Gasteiger partial charge is 0.480 e. The molecule has 2 amide bonds. The van der Waals surface area contributed by atoms with Crippen LogP contribution in [0.4, 0.5) is 18.9 Å². The van der Waals surface area contributed by atoms with E-state index in [1.54, 1.807) is 0 Å². The maximum Gasteiger partial charge on any atom is 0.391 e. The molecule has 0 aliphatic heterocycles. The number of benzene rings is 1. The second-order valence-electron chi connectivity index (χ2n) is 5.53. The van der Waals surface area contributed by atoms with Gasteiger partial charge in [-0.05, 0) is 31.0 Å². The van der Waals surface area contributed by atoms with Crippen LogP contribution in [0.3, 0.4) is 0 Å². The lowest BCUT2D eigenvalue weighted by Crippen LogP contribution is -2.43. The number of hydrogen-bond acceptors (Lipinski definition) is 3. The average molecular weight is 344 g/mol. The average Bonchev–Trinajstić information content (AvgIpc) is 3.29. The van der Waals surface area contributed by atoms with E-state index in [0.29, 0.717) is 5.69 Å². The first kappa shape index (κ1) is 17.8. The molecule has 0 aromatic heterocycles. The molecule has 130 valence electrons. The number of halogens is 3. The minimum atomic E-state index is -4.73. The number of alkyl halides is 3. The van der Waals surface area contributed by atoms with Crippen molar-refractivity contribution in [3.63, 3.8) is 0 Å². The Labute approximate surface area is 135 Å². The van der Waals surface area contributed by atoms with Crippen LogP contribution < -0.4 is 10.6 Å². The van der Waals surface area contributed by atoms with Crippen LogP contribution in [-0.2, 0) is 9.59 Å². The third-order valence-corrected chi connectivity index (χ3v) is 3.38. The molecule has 0 spiro atoms. The first-order valence-corrected chi connectivity index (χ1v) is 7.17. The molecule has 1 aliphatic rings. The SMILES string of the molecule is O=C(NC(CC(F)(F)F)C(=O)O)c1cccc(NC(=O)C2CC2)c1. The first-order chi connectivity index (χ1) is 11.2. The molecule has 9 heteroatoms. The van der Waals surface area contributed by atoms with Gasteiger partial charge in [0.25, 0.3) is 5.91 Å². The Morgan fingerprint density at radius 2 is 1.92 bits per heavy atom. The van der Waals surface area contributed by atoms with E-state index in [2.05, 4.69) is 5.32 Å². The number of rotatable bonds is 6. The molecule has 0 bridgehead atoms. The molecule has 3 N–H and O–H groups in total. The van der Waals surface area contributed by atoms with Gasteiger partial charge in [0.2, 0.25) is 5.91 Å². The summed E-state index contributed by atoms with van der Waals surface area (Å²) in [4.78, 5) is 34.5. The predicted molar refractivity (Wildman–Crippen MR) is 77.4 cm³/mol. The van der Waals surface area contributed by atoms with Gasteiger partial charge >= 0.3 is 12.1 Å². The highest BCUT2D eigenvalue weighted by Gasteiger charge is 2.36. The summed E-state index contributed by atoms with van der Waals surface area (Å²) in [5.41, 5.74) is 0.277. The first-order valence-electron chi connectivity index (χ1n) is 7.17. The van der Waals surface area contributed by atoms with E-state index in [1.165, 1.54) is 24.3 Å². The molecule has 1 aliphatic carbocycles. The Kier molecular flexibility index (Phi) is 5.10. The molecule has 6 nitrogen and oxygen atoms in total. The molecule has 1 atom stereocenters. The summed E-state index contributed by atoms with van der Waals surface area (Å²) in [6.07, 6.45) is -4.81. The summed E-state index contributed by atoms with van der Waals surface area (Å²) < 4.78 is 37.0. The quantitative estimate of drug-likeness (QED) is 0.737. The van der Waals surface area contributed by atoms with Crippen LogP contribution in [0.15, 0.2) is 24.3 Å². The lowest BCUT2D eigenvalue weighted by molar-refractivity contribution is -0.157. The van der Waals surface area contributed by atoms with Gasteiger partial charge in [0.1, 0.15) is 6.04 Å². The van der Waals surface area contributed by atoms with Crippen molar-refractivity contribution in [1.29, 1.82) is 0 Å². The van der Waals surface area contributed by atoms with Crippen LogP contribution in [0.2, 0.25) is 0 Å². The number of hydrogen-bond donors (Lipinski definition) is 3. The van der Waals surface area contributed by atoms with E-state index >= 15 is 0 Å². The lowest BCUT2D eigenvalue weighted by Gasteiger charge is -2.16. The molecular weight excluding hydrogens is 329 g/mol. The minimum Gasteiger partial charge on any atom is -0.480 e. The van der Waals surface area contributed by atoms with E-state index < -0.39 is 30.5 Å². The fourth-order valence-corrected chi connectivity index (χ4v) is 2.00. The summed E-state index contributed by atoms with van der Waals surface area (Å²) in [5.74, 6) is -2.98. The van der Waals surface area contributed by atoms with E-state index in [-0.39, 0.29) is 17.4 Å². The highest BCUT2D eigenvalue weighted by atomic mass is 19.4. The van der Waals surface area contributed by atoms with Gasteiger partial charge in [-0.3, -0.25) is 9.59 Å². The van der Waals surface area contributed by atoms with E-state index in [1.807, 2.05) is 5.32 Å². The topological polar surface area (TPSA) is 95.5 Å². The van der Waals surface area contributed by atoms with Gasteiger partial charge in [0.05, 0.1) is 6.42 Å². The maximum atomic E-state index is 12.3. The number of anilines is 1. The number of carbonyl (C=O) groups excluding carboxylic acids is 2. The predicted octanol–water partition coefficient (Wildman–Crippen LogP) is 2.17. The van der Waals surface area contributed by atoms with Crippen LogP contribution >= 0.6 is 0 Å². The summed E-state index contributed by atoms with van der Waals surface area (Å²) in [6.45, 7) is 0. The highest BCUT2D eigenvalue weighted by molar-refractivity contribution is 5.99. The van der Waals surface area contributed by atoms with Crippen molar-refractivity contribution in [2.45, 2.75) is 31.5 Å². The molecule has 24 heavy (non-hydrogen) atoms. The minimum absolute atomic E-state index is 0.0444. The number of aliphatic carboxylic acids is 1. The zero-order valence-corrected chi connectivity index (χ0v) is 12.4. The van der Waals surface area contributed by atoms with Crippen LogP contribution in [0.5, 0.6) is 0 Å². The molecular formula is C15H15F3N2O4. The van der Waals surface area contributed by atoms with Gasteiger partial charge in [0, 0.05) is 17.2 Å². The van der Waals surface area contributed by atoms with Crippen LogP contribution in [0.25, 0.3) is 0 Å². The van der Waals surface area contributed by atoms with Gasteiger partial charge in [0.15, 0.2) is 0 Å². The van der Waals surface area contributed by atoms with Gasteiger partial charge in [-0.1, -0.05) is 6.07 Å². The van der Waals surface area contributed by atoms with Crippen molar-refractivity contribution in [1.82, 2.24) is 5.32 Å². The molecule has 1 fully saturated rings. The Hall–Kier alpha value is -2.58. The van der Waals surface area contributed by atoms with Crippen LogP contribution in [0, 0.1) is 5.92 Å². The fraction of sp³-hybridized carbons (Fsp3) is 0.400. The molecule has 1 aromatic rings. The summed E-state index contributed by atoms with van der Waals surface area (Å²) >= 11 is 0. The third-order valence-electron chi connectivity index (χ3n) is 3.38. The molecule has 1 saturated carbocycles. The summed E-state index contributed by atoms with van der Waals surface area (Å²) in [6, 6.07) is 3.48. The number of amides is 2. The highest BCUT2D eigenvalue weighted by Crippen LogP contribution is 2.30. The van der Waals surface area contributed by atoms with E-state index in [4.69, 9.17) is 5.11 Å². The monoisotopic (exact) mass is 344 g/mol. The Balaban J connectivity index is 2.05. The standard InChI is InChI=1S/C15H15F3N2O4/c16-15(17,18)7-11(14(23)24)20-13(22)9-2-1-3-10(6-9)19-12(21)8-4-5-8/h1-3,6,8,11H,4-5,7H2,(H,19,21)(H,20,22)(H,23,24). The number of carbonyl (C=O) groups is 3. The van der Waals surface area contributed by atoms with Crippen molar-refractivity contribution < 1.29 is 32.7 Å². The van der Waals surface area contributed by atoms with Crippen LogP contribution in [0.1, 0.15) is 29.6 Å². The Morgan fingerprint density at radius 3 is 2.46 bits per heavy atom. The summed E-state index contributed by atoms with van der Waals surface area (Å²) in [5, 5.41) is 13.2. The number of carboxylic acid groups (broad SMARTS) is 1. The third kappa shape index (κ3) is 5.25. The zero-order chi connectivity index (χ0) is 17.9. The van der Waals surface area contributed by atoms with Gasteiger partial charge in [-0.2, -0.15) is 13.2 Å². The number of nitrogens with one attached hydrogen (secondary N) is 2. The zero-order valence-electron chi connectivity index (χ0n) is 12.4. The molecule has 1 aromatic carbocycles. The van der Waals surface area contributed by atoms with Gasteiger partial charge in [-0.15, -0.1) is 0 Å². The van der Waals surface area contributed by atoms with Crippen molar-refractivity contribution in [3.05, 3.63) is 29.8 Å². The maximum absolute atomic E-state index is 12.3. The molecule has 0 heterocycles. The molecule has 0 radical (unpaired) electrons. The molecule has 1 unspecified atom stereocenters. The Morgan fingerprint density at radius 1 is 1.25 bits per heavy atom. The van der Waals surface area contributed by atoms with Gasteiger partial charge in [-0.25, -0.2) is 4.79 Å². The van der Waals surface area contributed by atoms with Crippen molar-refractivity contribution in [2.24, 2.45) is 5.92 Å². The van der Waals surface area contributed by atoms with E-state index in [9.17, 15) is 27.6 Å². The second kappa shape index (κ2) is 6.90. The normalized spacial score (nSPS) is 15.5. The van der Waals surface area contributed by atoms with Gasteiger partial charge < -0.3 is 15.7 Å².